The van der Waals surface area contributed by atoms with Crippen LogP contribution >= 0.6 is 0 Å². The first-order valence-electron chi connectivity index (χ1n) is 7.86. The minimum Gasteiger partial charge on any atom is -0.371 e. The molecule has 108 valence electrons. The van der Waals surface area contributed by atoms with Crippen LogP contribution in [-0.4, -0.2) is 18.0 Å². The Morgan fingerprint density at radius 2 is 2.00 bits per heavy atom. The molecule has 0 amide bonds. The average Bonchev–Trinajstić information content (AvgIpc) is 3.28. The van der Waals surface area contributed by atoms with Gasteiger partial charge in [-0.2, -0.15) is 0 Å². The van der Waals surface area contributed by atoms with E-state index < -0.39 is 0 Å². The van der Waals surface area contributed by atoms with Gasteiger partial charge in [-0.05, 0) is 37.7 Å². The van der Waals surface area contributed by atoms with E-state index in [1.54, 1.807) is 0 Å². The van der Waals surface area contributed by atoms with Crippen molar-refractivity contribution in [1.82, 2.24) is 4.90 Å². The molecular formula is C19H27N. The van der Waals surface area contributed by atoms with Gasteiger partial charge in [0.25, 0.3) is 0 Å². The molecule has 1 nitrogen and oxygen atoms in total. The summed E-state index contributed by atoms with van der Waals surface area (Å²) in [5.74, 6) is 0.761. The molecule has 1 aromatic rings. The highest BCUT2D eigenvalue weighted by molar-refractivity contribution is 5.52. The van der Waals surface area contributed by atoms with Crippen molar-refractivity contribution in [3.63, 3.8) is 0 Å². The van der Waals surface area contributed by atoms with Crippen LogP contribution in [0, 0.1) is 5.92 Å². The van der Waals surface area contributed by atoms with Crippen molar-refractivity contribution in [2.45, 2.75) is 39.5 Å². The molecule has 20 heavy (non-hydrogen) atoms. The second-order valence-electron chi connectivity index (χ2n) is 5.94. The van der Waals surface area contributed by atoms with Crippen LogP contribution in [0.1, 0.15) is 45.1 Å². The van der Waals surface area contributed by atoms with Crippen LogP contribution in [-0.2, 0) is 0 Å². The zero-order valence-corrected chi connectivity index (χ0v) is 12.9. The number of allylic oxidation sites excluding steroid dienone is 1. The van der Waals surface area contributed by atoms with Gasteiger partial charge in [-0.3, -0.25) is 0 Å². The molecule has 0 aliphatic heterocycles. The summed E-state index contributed by atoms with van der Waals surface area (Å²) < 4.78 is 0. The van der Waals surface area contributed by atoms with Gasteiger partial charge in [-0.25, -0.2) is 0 Å². The molecule has 1 saturated carbocycles. The molecule has 0 radical (unpaired) electrons. The fraction of sp³-hybridized carbons (Fsp3) is 0.474. The fourth-order valence-corrected chi connectivity index (χ4v) is 2.53. The number of unbranched alkanes of at least 4 members (excludes halogenated alkanes) is 1. The summed E-state index contributed by atoms with van der Waals surface area (Å²) in [4.78, 5) is 2.50. The highest BCUT2D eigenvalue weighted by atomic mass is 15.1. The van der Waals surface area contributed by atoms with E-state index in [0.717, 1.165) is 19.0 Å². The van der Waals surface area contributed by atoms with E-state index in [-0.39, 0.29) is 0 Å². The van der Waals surface area contributed by atoms with Crippen LogP contribution in [0.2, 0.25) is 0 Å². The number of hydrogen-bond acceptors (Lipinski definition) is 1. The van der Waals surface area contributed by atoms with E-state index in [1.807, 2.05) is 0 Å². The van der Waals surface area contributed by atoms with Crippen LogP contribution in [0.15, 0.2) is 48.2 Å². The van der Waals surface area contributed by atoms with Crippen molar-refractivity contribution in [3.05, 3.63) is 53.7 Å². The molecule has 2 rings (SSSR count). The maximum absolute atomic E-state index is 4.33. The smallest absolute Gasteiger partial charge is 0.0386 e. The summed E-state index contributed by atoms with van der Waals surface area (Å²) in [5.41, 5.74) is 4.06. The average molecular weight is 269 g/mol. The van der Waals surface area contributed by atoms with Crippen LogP contribution in [0.4, 0.5) is 0 Å². The van der Waals surface area contributed by atoms with Gasteiger partial charge in [0.1, 0.15) is 0 Å². The Morgan fingerprint density at radius 1 is 1.30 bits per heavy atom. The number of benzene rings is 1. The molecule has 1 aromatic carbocycles. The molecule has 0 aromatic heterocycles. The van der Waals surface area contributed by atoms with E-state index >= 15 is 0 Å². The summed E-state index contributed by atoms with van der Waals surface area (Å²) in [6.45, 7) is 11.0. The Labute approximate surface area is 124 Å². The highest BCUT2D eigenvalue weighted by Crippen LogP contribution is 2.37. The first-order valence-corrected chi connectivity index (χ1v) is 7.86. The highest BCUT2D eigenvalue weighted by Gasteiger charge is 2.27. The van der Waals surface area contributed by atoms with Gasteiger partial charge in [0.2, 0.25) is 0 Å². The van der Waals surface area contributed by atoms with Gasteiger partial charge >= 0.3 is 0 Å². The van der Waals surface area contributed by atoms with Gasteiger partial charge in [-0.15, -0.1) is 0 Å². The minimum atomic E-state index is 0.761. The predicted octanol–water partition coefficient (Wildman–Crippen LogP) is 5.12. The molecule has 1 aliphatic rings. The SMILES string of the molecule is C=C(C1CC1)N(CCCC)C/C(C)=C/c1ccccc1. The zero-order valence-electron chi connectivity index (χ0n) is 12.9. The standard InChI is InChI=1S/C19H27N/c1-4-5-13-20(17(3)19-11-12-19)15-16(2)14-18-9-7-6-8-10-18/h6-10,14,19H,3-5,11-13,15H2,1-2H3/b16-14+. The third-order valence-electron chi connectivity index (χ3n) is 3.89. The van der Waals surface area contributed by atoms with E-state index in [4.69, 9.17) is 0 Å². The predicted molar refractivity (Wildman–Crippen MR) is 88.4 cm³/mol. The fourth-order valence-electron chi connectivity index (χ4n) is 2.53. The Balaban J connectivity index is 1.98. The molecule has 0 heterocycles. The Kier molecular flexibility index (Phi) is 5.46. The molecule has 0 spiro atoms. The van der Waals surface area contributed by atoms with Crippen molar-refractivity contribution in [2.75, 3.05) is 13.1 Å². The Bertz CT molecular complexity index is 454. The molecule has 1 heteroatoms. The van der Waals surface area contributed by atoms with Crippen molar-refractivity contribution in [3.8, 4) is 0 Å². The molecule has 1 aliphatic carbocycles. The Morgan fingerprint density at radius 3 is 2.60 bits per heavy atom. The van der Waals surface area contributed by atoms with E-state index in [2.05, 4.69) is 61.7 Å². The van der Waals surface area contributed by atoms with Gasteiger partial charge in [0.05, 0.1) is 0 Å². The van der Waals surface area contributed by atoms with Crippen molar-refractivity contribution in [1.29, 1.82) is 0 Å². The van der Waals surface area contributed by atoms with E-state index in [0.29, 0.717) is 0 Å². The maximum Gasteiger partial charge on any atom is 0.0386 e. The molecule has 0 atom stereocenters. The molecule has 0 unspecified atom stereocenters. The van der Waals surface area contributed by atoms with Crippen molar-refractivity contribution < 1.29 is 0 Å². The zero-order chi connectivity index (χ0) is 14.4. The first kappa shape index (κ1) is 14.9. The maximum atomic E-state index is 4.33. The quantitative estimate of drug-likeness (QED) is 0.633. The summed E-state index contributed by atoms with van der Waals surface area (Å²) in [5, 5.41) is 0. The molecule has 0 saturated heterocycles. The molecule has 0 bridgehead atoms. The topological polar surface area (TPSA) is 3.24 Å². The number of rotatable bonds is 8. The normalized spacial score (nSPS) is 15.2. The monoisotopic (exact) mass is 269 g/mol. The van der Waals surface area contributed by atoms with Crippen LogP contribution in [0.3, 0.4) is 0 Å². The summed E-state index contributed by atoms with van der Waals surface area (Å²) in [6.07, 6.45) is 7.46. The van der Waals surface area contributed by atoms with Gasteiger partial charge in [-0.1, -0.05) is 61.9 Å². The van der Waals surface area contributed by atoms with Gasteiger partial charge in [0.15, 0.2) is 0 Å². The molecule has 1 fully saturated rings. The lowest BCUT2D eigenvalue weighted by Crippen LogP contribution is -2.26. The molecular weight excluding hydrogens is 242 g/mol. The van der Waals surface area contributed by atoms with E-state index in [1.165, 1.54) is 42.5 Å². The van der Waals surface area contributed by atoms with E-state index in [9.17, 15) is 0 Å². The largest absolute Gasteiger partial charge is 0.371 e. The van der Waals surface area contributed by atoms with Gasteiger partial charge < -0.3 is 4.90 Å². The lowest BCUT2D eigenvalue weighted by atomic mass is 10.1. The summed E-state index contributed by atoms with van der Waals surface area (Å²) >= 11 is 0. The third-order valence-corrected chi connectivity index (χ3v) is 3.89. The lowest BCUT2D eigenvalue weighted by molar-refractivity contribution is 0.347. The van der Waals surface area contributed by atoms with Crippen molar-refractivity contribution in [2.24, 2.45) is 5.92 Å². The van der Waals surface area contributed by atoms with Crippen LogP contribution in [0.25, 0.3) is 6.08 Å². The third kappa shape index (κ3) is 4.56. The van der Waals surface area contributed by atoms with Crippen LogP contribution < -0.4 is 0 Å². The summed E-state index contributed by atoms with van der Waals surface area (Å²) in [6, 6.07) is 10.6. The lowest BCUT2D eigenvalue weighted by Gasteiger charge is -2.27. The van der Waals surface area contributed by atoms with Crippen LogP contribution in [0.5, 0.6) is 0 Å². The Hall–Kier alpha value is -1.50. The minimum absolute atomic E-state index is 0.761. The second-order valence-corrected chi connectivity index (χ2v) is 5.94. The summed E-state index contributed by atoms with van der Waals surface area (Å²) in [7, 11) is 0. The number of hydrogen-bond donors (Lipinski definition) is 0. The second kappa shape index (κ2) is 7.33. The first-order chi connectivity index (χ1) is 9.70. The van der Waals surface area contributed by atoms with Gasteiger partial charge in [0, 0.05) is 18.8 Å². The number of nitrogens with zero attached hydrogens (tertiary/aromatic N) is 1. The van der Waals surface area contributed by atoms with Crippen molar-refractivity contribution >= 4 is 6.08 Å². The molecule has 0 N–H and O–H groups in total.